The minimum Gasteiger partial charge on any atom is -0.497 e. The van der Waals surface area contributed by atoms with Crippen LogP contribution in [-0.2, 0) is 11.3 Å². The van der Waals surface area contributed by atoms with Crippen molar-refractivity contribution in [3.8, 4) is 11.5 Å². The first kappa shape index (κ1) is 21.3. The first-order valence-electron chi connectivity index (χ1n) is 10.6. The van der Waals surface area contributed by atoms with Crippen LogP contribution in [0, 0.1) is 6.92 Å². The summed E-state index contributed by atoms with van der Waals surface area (Å²) in [5.74, 6) is 0.635. The van der Waals surface area contributed by atoms with Gasteiger partial charge >= 0.3 is 0 Å². The van der Waals surface area contributed by atoms with E-state index in [4.69, 9.17) is 14.2 Å². The van der Waals surface area contributed by atoms with Gasteiger partial charge in [-0.05, 0) is 48.7 Å². The molecule has 0 spiro atoms. The van der Waals surface area contributed by atoms with E-state index < -0.39 is 0 Å². The van der Waals surface area contributed by atoms with E-state index in [1.165, 1.54) is 4.90 Å². The fourth-order valence-electron chi connectivity index (χ4n) is 4.00. The van der Waals surface area contributed by atoms with Crippen LogP contribution in [0.2, 0.25) is 0 Å². The molecule has 2 heterocycles. The molecule has 1 saturated heterocycles. The lowest BCUT2D eigenvalue weighted by Gasteiger charge is -2.26. The van der Waals surface area contributed by atoms with E-state index in [0.717, 1.165) is 56.1 Å². The van der Waals surface area contributed by atoms with E-state index in [0.29, 0.717) is 23.5 Å². The lowest BCUT2D eigenvalue weighted by molar-refractivity contribution is 0.0357. The maximum absolute atomic E-state index is 13.1. The highest BCUT2D eigenvalue weighted by molar-refractivity contribution is 6.22. The van der Waals surface area contributed by atoms with Crippen molar-refractivity contribution in [2.75, 3.05) is 46.6 Å². The molecule has 0 saturated carbocycles. The molecular weight excluding hydrogens is 396 g/mol. The number of nitrogens with zero attached hydrogens (tertiary/aromatic N) is 2. The van der Waals surface area contributed by atoms with Crippen LogP contribution < -0.4 is 9.47 Å². The molecule has 164 valence electrons. The van der Waals surface area contributed by atoms with Crippen molar-refractivity contribution >= 4 is 11.8 Å². The predicted octanol–water partition coefficient (Wildman–Crippen LogP) is 2.90. The van der Waals surface area contributed by atoms with E-state index in [9.17, 15) is 9.59 Å². The predicted molar refractivity (Wildman–Crippen MR) is 116 cm³/mol. The van der Waals surface area contributed by atoms with Gasteiger partial charge in [-0.3, -0.25) is 19.4 Å². The van der Waals surface area contributed by atoms with E-state index in [1.54, 1.807) is 25.3 Å². The van der Waals surface area contributed by atoms with Gasteiger partial charge in [0.2, 0.25) is 0 Å². The van der Waals surface area contributed by atoms with Crippen molar-refractivity contribution in [3.05, 3.63) is 58.7 Å². The Morgan fingerprint density at radius 3 is 2.61 bits per heavy atom. The number of aryl methyl sites for hydroxylation is 1. The Labute approximate surface area is 182 Å². The normalized spacial score (nSPS) is 16.5. The minimum atomic E-state index is -0.306. The topological polar surface area (TPSA) is 68.3 Å². The molecule has 0 radical (unpaired) electrons. The summed E-state index contributed by atoms with van der Waals surface area (Å²) in [5, 5.41) is 0. The zero-order valence-electron chi connectivity index (χ0n) is 18.1. The molecule has 31 heavy (non-hydrogen) atoms. The molecule has 0 unspecified atom stereocenters. The van der Waals surface area contributed by atoms with E-state index in [2.05, 4.69) is 4.90 Å². The number of morpholine rings is 1. The molecule has 0 N–H and O–H groups in total. The lowest BCUT2D eigenvalue weighted by atomic mass is 10.1. The minimum absolute atomic E-state index is 0.221. The largest absolute Gasteiger partial charge is 0.497 e. The number of amides is 2. The monoisotopic (exact) mass is 424 g/mol. The van der Waals surface area contributed by atoms with Gasteiger partial charge in [-0.2, -0.15) is 0 Å². The molecule has 7 nitrogen and oxygen atoms in total. The van der Waals surface area contributed by atoms with Crippen molar-refractivity contribution in [2.24, 2.45) is 0 Å². The number of hydrogen-bond donors (Lipinski definition) is 0. The van der Waals surface area contributed by atoms with Crippen LogP contribution in [0.5, 0.6) is 11.5 Å². The second-order valence-electron chi connectivity index (χ2n) is 7.82. The summed E-state index contributed by atoms with van der Waals surface area (Å²) in [6.07, 6.45) is 0.848. The summed E-state index contributed by atoms with van der Waals surface area (Å²) >= 11 is 0. The molecule has 4 rings (SSSR count). The Bertz CT molecular complexity index is 968. The van der Waals surface area contributed by atoms with E-state index in [1.807, 2.05) is 25.1 Å². The first-order valence-corrected chi connectivity index (χ1v) is 10.6. The van der Waals surface area contributed by atoms with Crippen LogP contribution >= 0.6 is 0 Å². The number of imide groups is 1. The number of rotatable bonds is 8. The molecule has 2 aromatic carbocycles. The first-order chi connectivity index (χ1) is 15.1. The molecule has 2 aliphatic heterocycles. The Morgan fingerprint density at radius 1 is 1.06 bits per heavy atom. The van der Waals surface area contributed by atoms with Gasteiger partial charge in [0.05, 0.1) is 44.6 Å². The zero-order valence-corrected chi connectivity index (χ0v) is 18.1. The number of methoxy groups -OCH3 is 1. The van der Waals surface area contributed by atoms with Gasteiger partial charge in [0, 0.05) is 19.6 Å². The summed E-state index contributed by atoms with van der Waals surface area (Å²) < 4.78 is 16.5. The average molecular weight is 424 g/mol. The number of hydrogen-bond acceptors (Lipinski definition) is 6. The maximum atomic E-state index is 13.1. The van der Waals surface area contributed by atoms with Gasteiger partial charge in [0.1, 0.15) is 11.5 Å². The Balaban J connectivity index is 1.43. The second kappa shape index (κ2) is 9.49. The SMILES string of the molecule is COc1ccc(CN2C(=O)c3cccc(OCCCN4CCOCC4)c3C2=O)c(C)c1. The summed E-state index contributed by atoms with van der Waals surface area (Å²) in [4.78, 5) is 29.7. The number of carbonyl (C=O) groups is 2. The van der Waals surface area contributed by atoms with Crippen LogP contribution in [-0.4, -0.2) is 68.2 Å². The maximum Gasteiger partial charge on any atom is 0.265 e. The average Bonchev–Trinajstić information content (AvgIpc) is 3.04. The van der Waals surface area contributed by atoms with Crippen LogP contribution in [0.15, 0.2) is 36.4 Å². The fourth-order valence-corrected chi connectivity index (χ4v) is 4.00. The molecule has 7 heteroatoms. The van der Waals surface area contributed by atoms with Crippen molar-refractivity contribution < 1.29 is 23.8 Å². The highest BCUT2D eigenvalue weighted by atomic mass is 16.5. The van der Waals surface area contributed by atoms with Gasteiger partial charge in [0.25, 0.3) is 11.8 Å². The Hall–Kier alpha value is -2.90. The molecule has 1 fully saturated rings. The molecule has 2 aromatic rings. The molecule has 0 bridgehead atoms. The molecule has 2 aliphatic rings. The van der Waals surface area contributed by atoms with Gasteiger partial charge in [-0.15, -0.1) is 0 Å². The molecule has 0 aromatic heterocycles. The van der Waals surface area contributed by atoms with Crippen molar-refractivity contribution in [1.82, 2.24) is 9.80 Å². The van der Waals surface area contributed by atoms with Crippen LogP contribution in [0.1, 0.15) is 38.3 Å². The smallest absolute Gasteiger partial charge is 0.265 e. The fraction of sp³-hybridized carbons (Fsp3) is 0.417. The third-order valence-electron chi connectivity index (χ3n) is 5.82. The third kappa shape index (κ3) is 4.57. The highest BCUT2D eigenvalue weighted by Gasteiger charge is 2.38. The summed E-state index contributed by atoms with van der Waals surface area (Å²) in [6.45, 7) is 7.00. The van der Waals surface area contributed by atoms with Crippen LogP contribution in [0.3, 0.4) is 0 Å². The van der Waals surface area contributed by atoms with Crippen molar-refractivity contribution in [1.29, 1.82) is 0 Å². The number of carbonyl (C=O) groups excluding carboxylic acids is 2. The highest BCUT2D eigenvalue weighted by Crippen LogP contribution is 2.32. The standard InChI is InChI=1S/C24H28N2O5/c1-17-15-19(29-2)8-7-18(17)16-26-23(27)20-5-3-6-21(22(20)24(26)28)31-12-4-9-25-10-13-30-14-11-25/h3,5-8,15H,4,9-14,16H2,1-2H3. The molecule has 2 amide bonds. The number of ether oxygens (including phenoxy) is 3. The zero-order chi connectivity index (χ0) is 21.8. The van der Waals surface area contributed by atoms with Crippen LogP contribution in [0.4, 0.5) is 0 Å². The number of fused-ring (bicyclic) bond motifs is 1. The Kier molecular flexibility index (Phi) is 6.53. The molecular formula is C24H28N2O5. The summed E-state index contributed by atoms with van der Waals surface area (Å²) in [5.41, 5.74) is 2.64. The third-order valence-corrected chi connectivity index (χ3v) is 5.82. The van der Waals surface area contributed by atoms with E-state index >= 15 is 0 Å². The van der Waals surface area contributed by atoms with Crippen molar-refractivity contribution in [3.63, 3.8) is 0 Å². The van der Waals surface area contributed by atoms with E-state index in [-0.39, 0.29) is 18.4 Å². The van der Waals surface area contributed by atoms with Crippen molar-refractivity contribution in [2.45, 2.75) is 19.9 Å². The molecule has 0 atom stereocenters. The van der Waals surface area contributed by atoms with Crippen LogP contribution in [0.25, 0.3) is 0 Å². The van der Waals surface area contributed by atoms with Gasteiger partial charge in [-0.25, -0.2) is 0 Å². The lowest BCUT2D eigenvalue weighted by Crippen LogP contribution is -2.37. The second-order valence-corrected chi connectivity index (χ2v) is 7.82. The van der Waals surface area contributed by atoms with Gasteiger partial charge < -0.3 is 14.2 Å². The van der Waals surface area contributed by atoms with Gasteiger partial charge in [-0.1, -0.05) is 12.1 Å². The summed E-state index contributed by atoms with van der Waals surface area (Å²) in [7, 11) is 1.61. The quantitative estimate of drug-likeness (QED) is 0.480. The Morgan fingerprint density at radius 2 is 1.87 bits per heavy atom. The van der Waals surface area contributed by atoms with Gasteiger partial charge in [0.15, 0.2) is 0 Å². The molecule has 0 aliphatic carbocycles. The number of benzene rings is 2. The summed E-state index contributed by atoms with van der Waals surface area (Å²) in [6, 6.07) is 10.8.